The molecule has 0 saturated heterocycles. The monoisotopic (exact) mass is 271 g/mol. The molecule has 2 heterocycles. The molecule has 19 heavy (non-hydrogen) atoms. The Labute approximate surface area is 115 Å². The maximum atomic E-state index is 5.49. The number of fused-ring (bicyclic) bond motifs is 1. The highest BCUT2D eigenvalue weighted by Crippen LogP contribution is 2.30. The van der Waals surface area contributed by atoms with Gasteiger partial charge < -0.3 is 10.1 Å². The van der Waals surface area contributed by atoms with Crippen LogP contribution in [0.25, 0.3) is 10.2 Å². The molecule has 5 heteroatoms. The van der Waals surface area contributed by atoms with Crippen LogP contribution in [0, 0.1) is 0 Å². The summed E-state index contributed by atoms with van der Waals surface area (Å²) in [5.41, 5.74) is 1.91. The molecule has 0 aliphatic rings. The van der Waals surface area contributed by atoms with Crippen LogP contribution >= 0.6 is 11.3 Å². The Kier molecular flexibility index (Phi) is 3.29. The minimum atomic E-state index is 0.672. The van der Waals surface area contributed by atoms with Gasteiger partial charge in [0.05, 0.1) is 28.7 Å². The Morgan fingerprint density at radius 1 is 1.32 bits per heavy atom. The van der Waals surface area contributed by atoms with E-state index in [2.05, 4.69) is 15.3 Å². The number of hydrogen-bond acceptors (Lipinski definition) is 5. The first-order chi connectivity index (χ1) is 9.35. The van der Waals surface area contributed by atoms with E-state index in [0.717, 1.165) is 26.8 Å². The third kappa shape index (κ3) is 2.66. The number of ether oxygens (including phenoxy) is 1. The molecular formula is C14H13N3OS. The quantitative estimate of drug-likeness (QED) is 0.783. The van der Waals surface area contributed by atoms with Crippen molar-refractivity contribution < 1.29 is 4.74 Å². The minimum absolute atomic E-state index is 0.672. The fraction of sp³-hybridized carbons (Fsp3) is 0.143. The molecule has 0 atom stereocenters. The topological polar surface area (TPSA) is 47.0 Å². The van der Waals surface area contributed by atoms with Crippen molar-refractivity contribution in [1.29, 1.82) is 0 Å². The molecule has 0 aliphatic heterocycles. The van der Waals surface area contributed by atoms with Crippen molar-refractivity contribution in [3.63, 3.8) is 0 Å². The van der Waals surface area contributed by atoms with Crippen LogP contribution in [0.3, 0.4) is 0 Å². The van der Waals surface area contributed by atoms with E-state index in [0.29, 0.717) is 6.61 Å². The average Bonchev–Trinajstić information content (AvgIpc) is 2.82. The third-order valence-electron chi connectivity index (χ3n) is 2.58. The summed E-state index contributed by atoms with van der Waals surface area (Å²) in [6, 6.07) is 9.79. The van der Waals surface area contributed by atoms with E-state index in [1.807, 2.05) is 37.3 Å². The molecule has 1 N–H and O–H groups in total. The van der Waals surface area contributed by atoms with E-state index in [4.69, 9.17) is 4.74 Å². The van der Waals surface area contributed by atoms with Gasteiger partial charge in [-0.1, -0.05) is 11.3 Å². The summed E-state index contributed by atoms with van der Waals surface area (Å²) in [6.07, 6.45) is 3.52. The Morgan fingerprint density at radius 3 is 3.05 bits per heavy atom. The van der Waals surface area contributed by atoms with Gasteiger partial charge in [0, 0.05) is 6.20 Å². The second kappa shape index (κ2) is 5.24. The van der Waals surface area contributed by atoms with Crippen molar-refractivity contribution >= 4 is 32.4 Å². The lowest BCUT2D eigenvalue weighted by Crippen LogP contribution is -1.90. The number of aromatic nitrogens is 2. The number of hydrogen-bond donors (Lipinski definition) is 1. The number of benzene rings is 1. The van der Waals surface area contributed by atoms with Crippen LogP contribution in [0.5, 0.6) is 5.75 Å². The lowest BCUT2D eigenvalue weighted by Gasteiger charge is -2.00. The fourth-order valence-electron chi connectivity index (χ4n) is 1.78. The highest BCUT2D eigenvalue weighted by atomic mass is 32.1. The molecule has 0 unspecified atom stereocenters. The van der Waals surface area contributed by atoms with Crippen molar-refractivity contribution in [3.05, 3.63) is 42.7 Å². The van der Waals surface area contributed by atoms with Crippen molar-refractivity contribution in [2.75, 3.05) is 11.9 Å². The van der Waals surface area contributed by atoms with Gasteiger partial charge in [0.2, 0.25) is 0 Å². The van der Waals surface area contributed by atoms with Gasteiger partial charge >= 0.3 is 0 Å². The van der Waals surface area contributed by atoms with E-state index in [-0.39, 0.29) is 0 Å². The minimum Gasteiger partial charge on any atom is -0.494 e. The molecule has 2 aromatic heterocycles. The summed E-state index contributed by atoms with van der Waals surface area (Å²) >= 11 is 1.60. The molecule has 0 spiro atoms. The normalized spacial score (nSPS) is 10.6. The number of nitrogens with zero attached hydrogens (tertiary/aromatic N) is 2. The van der Waals surface area contributed by atoms with E-state index in [1.165, 1.54) is 0 Å². The zero-order valence-corrected chi connectivity index (χ0v) is 11.3. The van der Waals surface area contributed by atoms with Gasteiger partial charge in [-0.25, -0.2) is 4.98 Å². The first-order valence-electron chi connectivity index (χ1n) is 6.05. The van der Waals surface area contributed by atoms with Crippen LogP contribution < -0.4 is 10.1 Å². The van der Waals surface area contributed by atoms with Crippen molar-refractivity contribution in [3.8, 4) is 5.75 Å². The summed E-state index contributed by atoms with van der Waals surface area (Å²) in [7, 11) is 0. The summed E-state index contributed by atoms with van der Waals surface area (Å²) in [5.74, 6) is 0.881. The number of thiazole rings is 1. The molecule has 0 bridgehead atoms. The number of anilines is 2. The van der Waals surface area contributed by atoms with Crippen LogP contribution in [0.15, 0.2) is 42.7 Å². The van der Waals surface area contributed by atoms with Gasteiger partial charge in [-0.15, -0.1) is 0 Å². The molecule has 0 amide bonds. The first kappa shape index (κ1) is 11.9. The van der Waals surface area contributed by atoms with Gasteiger partial charge in [-0.3, -0.25) is 4.98 Å². The fourth-order valence-corrected chi connectivity index (χ4v) is 2.69. The smallest absolute Gasteiger partial charge is 0.188 e. The molecular weight excluding hydrogens is 258 g/mol. The third-order valence-corrected chi connectivity index (χ3v) is 3.52. The van der Waals surface area contributed by atoms with Crippen molar-refractivity contribution in [2.24, 2.45) is 0 Å². The summed E-state index contributed by atoms with van der Waals surface area (Å²) in [5, 5.41) is 4.11. The van der Waals surface area contributed by atoms with Crippen molar-refractivity contribution in [2.45, 2.75) is 6.92 Å². The van der Waals surface area contributed by atoms with Crippen LogP contribution in [0.4, 0.5) is 10.8 Å². The average molecular weight is 271 g/mol. The molecule has 4 nitrogen and oxygen atoms in total. The molecule has 3 rings (SSSR count). The second-order valence-corrected chi connectivity index (χ2v) is 4.98. The number of pyridine rings is 1. The predicted octanol–water partition coefficient (Wildman–Crippen LogP) is 3.83. The number of nitrogens with one attached hydrogen (secondary N) is 1. The van der Waals surface area contributed by atoms with Gasteiger partial charge in [-0.2, -0.15) is 0 Å². The Morgan fingerprint density at radius 2 is 2.26 bits per heavy atom. The van der Waals surface area contributed by atoms with E-state index < -0.39 is 0 Å². The zero-order valence-electron chi connectivity index (χ0n) is 10.5. The molecule has 1 aromatic carbocycles. The lowest BCUT2D eigenvalue weighted by molar-refractivity contribution is 0.341. The Balaban J connectivity index is 1.89. The van der Waals surface area contributed by atoms with Crippen LogP contribution in [0.1, 0.15) is 6.92 Å². The highest BCUT2D eigenvalue weighted by Gasteiger charge is 2.05. The summed E-state index contributed by atoms with van der Waals surface area (Å²) in [6.45, 7) is 2.65. The van der Waals surface area contributed by atoms with Crippen molar-refractivity contribution in [1.82, 2.24) is 9.97 Å². The molecule has 3 aromatic rings. The van der Waals surface area contributed by atoms with E-state index in [9.17, 15) is 0 Å². The maximum Gasteiger partial charge on any atom is 0.188 e. The second-order valence-electron chi connectivity index (χ2n) is 3.95. The molecule has 0 radical (unpaired) electrons. The van der Waals surface area contributed by atoms with E-state index in [1.54, 1.807) is 23.7 Å². The van der Waals surface area contributed by atoms with Crippen LogP contribution in [0.2, 0.25) is 0 Å². The maximum absolute atomic E-state index is 5.49. The Hall–Kier alpha value is -2.14. The standard InChI is InChI=1S/C14H13N3OS/c1-2-18-11-5-6-12-13(8-11)19-14(17-12)16-10-4-3-7-15-9-10/h3-9H,2H2,1H3,(H,16,17). The molecule has 0 fully saturated rings. The van der Waals surface area contributed by atoms with Gasteiger partial charge in [-0.05, 0) is 37.3 Å². The van der Waals surface area contributed by atoms with Gasteiger partial charge in [0.25, 0.3) is 0 Å². The molecule has 96 valence electrons. The first-order valence-corrected chi connectivity index (χ1v) is 6.87. The van der Waals surface area contributed by atoms with Gasteiger partial charge in [0.1, 0.15) is 5.75 Å². The largest absolute Gasteiger partial charge is 0.494 e. The SMILES string of the molecule is CCOc1ccc2nc(Nc3cccnc3)sc2c1. The van der Waals surface area contributed by atoms with Crippen LogP contribution in [-0.4, -0.2) is 16.6 Å². The molecule has 0 saturated carbocycles. The Bertz CT molecular complexity index is 681. The van der Waals surface area contributed by atoms with Crippen LogP contribution in [-0.2, 0) is 0 Å². The zero-order chi connectivity index (χ0) is 13.1. The molecule has 0 aliphatic carbocycles. The lowest BCUT2D eigenvalue weighted by atomic mass is 10.3. The number of rotatable bonds is 4. The van der Waals surface area contributed by atoms with E-state index >= 15 is 0 Å². The predicted molar refractivity (Wildman–Crippen MR) is 78.3 cm³/mol. The summed E-state index contributed by atoms with van der Waals surface area (Å²) in [4.78, 5) is 8.60. The highest BCUT2D eigenvalue weighted by molar-refractivity contribution is 7.22. The summed E-state index contributed by atoms with van der Waals surface area (Å²) < 4.78 is 6.60. The van der Waals surface area contributed by atoms with Gasteiger partial charge in [0.15, 0.2) is 5.13 Å².